The third-order valence-electron chi connectivity index (χ3n) is 5.31. The van der Waals surface area contributed by atoms with E-state index in [9.17, 15) is 9.59 Å². The lowest BCUT2D eigenvalue weighted by Gasteiger charge is -2.37. The van der Waals surface area contributed by atoms with Gasteiger partial charge in [-0.25, -0.2) is 0 Å². The number of hydrogen-bond donors (Lipinski definition) is 0. The van der Waals surface area contributed by atoms with E-state index in [0.29, 0.717) is 11.6 Å². The van der Waals surface area contributed by atoms with Crippen molar-refractivity contribution in [1.29, 1.82) is 0 Å². The lowest BCUT2D eigenvalue weighted by molar-refractivity contribution is -0.141. The van der Waals surface area contributed by atoms with Gasteiger partial charge in [0.25, 0.3) is 0 Å². The number of amides is 2. The molecule has 0 bridgehead atoms. The van der Waals surface area contributed by atoms with Crippen LogP contribution in [-0.4, -0.2) is 45.8 Å². The van der Waals surface area contributed by atoms with Crippen LogP contribution in [0.4, 0.5) is 0 Å². The van der Waals surface area contributed by atoms with Crippen molar-refractivity contribution >= 4 is 23.4 Å². The Bertz CT molecular complexity index is 809. The van der Waals surface area contributed by atoms with Gasteiger partial charge in [0.15, 0.2) is 0 Å². The molecule has 1 atom stereocenters. The Balaban J connectivity index is 1.60. The smallest absolute Gasteiger partial charge is 0.232 e. The van der Waals surface area contributed by atoms with Crippen molar-refractivity contribution in [1.82, 2.24) is 14.4 Å². The summed E-state index contributed by atoms with van der Waals surface area (Å²) in [6, 6.07) is 11.5. The predicted octanol–water partition coefficient (Wildman–Crippen LogP) is 3.09. The number of rotatable bonds is 3. The van der Waals surface area contributed by atoms with Crippen molar-refractivity contribution in [3.8, 4) is 0 Å². The predicted molar refractivity (Wildman–Crippen MR) is 99.9 cm³/mol. The molecular formula is C20H22ClN3O2. The number of carbonyl (C=O) groups excluding carboxylic acids is 2. The lowest BCUT2D eigenvalue weighted by Crippen LogP contribution is -2.44. The number of benzene rings is 1. The average Bonchev–Trinajstić information content (AvgIpc) is 3.33. The zero-order valence-corrected chi connectivity index (χ0v) is 15.4. The first-order valence-electron chi connectivity index (χ1n) is 9.11. The molecule has 2 aromatic rings. The maximum Gasteiger partial charge on any atom is 0.232 e. The van der Waals surface area contributed by atoms with Crippen LogP contribution in [0.1, 0.15) is 36.6 Å². The third kappa shape index (κ3) is 3.23. The van der Waals surface area contributed by atoms with Gasteiger partial charge in [-0.3, -0.25) is 9.59 Å². The topological polar surface area (TPSA) is 45.6 Å². The fourth-order valence-corrected chi connectivity index (χ4v) is 4.08. The minimum atomic E-state index is -0.185. The van der Waals surface area contributed by atoms with Gasteiger partial charge in [0.05, 0.1) is 6.04 Å². The molecule has 26 heavy (non-hydrogen) atoms. The summed E-state index contributed by atoms with van der Waals surface area (Å²) >= 11 is 6.03. The fraction of sp³-hybridized carbons (Fsp3) is 0.400. The molecule has 1 aromatic heterocycles. The van der Waals surface area contributed by atoms with Crippen molar-refractivity contribution in [2.75, 3.05) is 19.6 Å². The minimum absolute atomic E-state index is 0.0508. The van der Waals surface area contributed by atoms with E-state index >= 15 is 0 Å². The second-order valence-corrected chi connectivity index (χ2v) is 7.37. The molecule has 0 spiro atoms. The Morgan fingerprint density at radius 2 is 1.69 bits per heavy atom. The number of halogens is 1. The number of aromatic nitrogens is 1. The number of hydrogen-bond acceptors (Lipinski definition) is 2. The Kier molecular flexibility index (Phi) is 4.72. The zero-order valence-electron chi connectivity index (χ0n) is 14.6. The van der Waals surface area contributed by atoms with E-state index in [1.54, 1.807) is 0 Å². The highest BCUT2D eigenvalue weighted by atomic mass is 35.5. The van der Waals surface area contributed by atoms with Gasteiger partial charge in [0, 0.05) is 43.1 Å². The second kappa shape index (κ2) is 7.16. The molecule has 136 valence electrons. The van der Waals surface area contributed by atoms with Crippen LogP contribution in [-0.2, 0) is 16.1 Å². The molecule has 4 rings (SSSR count). The SMILES string of the molecule is O=C(CC(=O)N1CCn2cccc2C1c1ccc(Cl)cc1)N1CCCC1. The van der Waals surface area contributed by atoms with Crippen molar-refractivity contribution in [2.45, 2.75) is 31.8 Å². The summed E-state index contributed by atoms with van der Waals surface area (Å²) < 4.78 is 2.17. The van der Waals surface area contributed by atoms with Crippen molar-refractivity contribution < 1.29 is 9.59 Å². The van der Waals surface area contributed by atoms with Crippen molar-refractivity contribution in [2.24, 2.45) is 0 Å². The van der Waals surface area contributed by atoms with Crippen LogP contribution in [0.5, 0.6) is 0 Å². The lowest BCUT2D eigenvalue weighted by atomic mass is 9.99. The van der Waals surface area contributed by atoms with Crippen LogP contribution in [0.15, 0.2) is 42.6 Å². The monoisotopic (exact) mass is 371 g/mol. The number of fused-ring (bicyclic) bond motifs is 1. The molecule has 0 N–H and O–H groups in total. The maximum absolute atomic E-state index is 13.0. The standard InChI is InChI=1S/C20H22ClN3O2/c21-16-7-5-15(6-8-16)20-17-4-3-11-22(17)12-13-24(20)19(26)14-18(25)23-9-1-2-10-23/h3-8,11,20H,1-2,9-10,12-14H2. The summed E-state index contributed by atoms with van der Waals surface area (Å²) in [5.74, 6) is -0.155. The molecule has 3 heterocycles. The van der Waals surface area contributed by atoms with E-state index in [0.717, 1.165) is 43.7 Å². The van der Waals surface area contributed by atoms with Gasteiger partial charge >= 0.3 is 0 Å². The van der Waals surface area contributed by atoms with E-state index < -0.39 is 0 Å². The maximum atomic E-state index is 13.0. The van der Waals surface area contributed by atoms with Crippen LogP contribution in [0.3, 0.4) is 0 Å². The molecule has 2 aliphatic rings. The first-order valence-corrected chi connectivity index (χ1v) is 9.49. The highest BCUT2D eigenvalue weighted by Crippen LogP contribution is 2.33. The molecule has 2 aliphatic heterocycles. The van der Waals surface area contributed by atoms with Gasteiger partial charge in [-0.15, -0.1) is 0 Å². The van der Waals surface area contributed by atoms with E-state index in [1.165, 1.54) is 0 Å². The minimum Gasteiger partial charge on any atom is -0.348 e. The Hall–Kier alpha value is -2.27. The van der Waals surface area contributed by atoms with E-state index in [-0.39, 0.29) is 24.3 Å². The summed E-state index contributed by atoms with van der Waals surface area (Å²) in [6.45, 7) is 2.89. The first kappa shape index (κ1) is 17.2. The number of likely N-dealkylation sites (tertiary alicyclic amines) is 1. The zero-order chi connectivity index (χ0) is 18.1. The molecule has 1 fully saturated rings. The molecule has 1 saturated heterocycles. The van der Waals surface area contributed by atoms with Gasteiger partial charge in [-0.1, -0.05) is 23.7 Å². The summed E-state index contributed by atoms with van der Waals surface area (Å²) in [5.41, 5.74) is 2.08. The summed E-state index contributed by atoms with van der Waals surface area (Å²) in [6.07, 6.45) is 4.05. The highest BCUT2D eigenvalue weighted by Gasteiger charge is 2.33. The molecular weight excluding hydrogens is 350 g/mol. The van der Waals surface area contributed by atoms with E-state index in [4.69, 9.17) is 11.6 Å². The van der Waals surface area contributed by atoms with E-state index in [2.05, 4.69) is 4.57 Å². The van der Waals surface area contributed by atoms with Gasteiger partial charge in [0.1, 0.15) is 6.42 Å². The van der Waals surface area contributed by atoms with Gasteiger partial charge < -0.3 is 14.4 Å². The first-order chi connectivity index (χ1) is 12.6. The Morgan fingerprint density at radius 1 is 0.962 bits per heavy atom. The summed E-state index contributed by atoms with van der Waals surface area (Å²) in [7, 11) is 0. The number of carbonyl (C=O) groups is 2. The molecule has 0 saturated carbocycles. The Labute approximate surface area is 158 Å². The van der Waals surface area contributed by atoms with Gasteiger partial charge in [-0.2, -0.15) is 0 Å². The fourth-order valence-electron chi connectivity index (χ4n) is 3.96. The third-order valence-corrected chi connectivity index (χ3v) is 5.56. The molecule has 1 aromatic carbocycles. The van der Waals surface area contributed by atoms with Crippen LogP contribution >= 0.6 is 11.6 Å². The summed E-state index contributed by atoms with van der Waals surface area (Å²) in [4.78, 5) is 29.1. The molecule has 1 unspecified atom stereocenters. The molecule has 2 amide bonds. The average molecular weight is 372 g/mol. The molecule has 6 heteroatoms. The highest BCUT2D eigenvalue weighted by molar-refractivity contribution is 6.30. The molecule has 0 radical (unpaired) electrons. The number of nitrogens with zero attached hydrogens (tertiary/aromatic N) is 3. The van der Waals surface area contributed by atoms with Crippen LogP contribution in [0.2, 0.25) is 5.02 Å². The van der Waals surface area contributed by atoms with Crippen LogP contribution < -0.4 is 0 Å². The van der Waals surface area contributed by atoms with Crippen LogP contribution in [0.25, 0.3) is 0 Å². The summed E-state index contributed by atoms with van der Waals surface area (Å²) in [5, 5.41) is 0.669. The van der Waals surface area contributed by atoms with Crippen molar-refractivity contribution in [3.63, 3.8) is 0 Å². The second-order valence-electron chi connectivity index (χ2n) is 6.93. The Morgan fingerprint density at radius 3 is 2.42 bits per heavy atom. The largest absolute Gasteiger partial charge is 0.348 e. The molecule has 5 nitrogen and oxygen atoms in total. The van der Waals surface area contributed by atoms with E-state index in [1.807, 2.05) is 52.4 Å². The van der Waals surface area contributed by atoms with Gasteiger partial charge in [-0.05, 0) is 42.7 Å². The molecule has 0 aliphatic carbocycles. The normalized spacial score (nSPS) is 19.5. The quantitative estimate of drug-likeness (QED) is 0.778. The van der Waals surface area contributed by atoms with Gasteiger partial charge in [0.2, 0.25) is 11.8 Å². The van der Waals surface area contributed by atoms with Crippen LogP contribution in [0, 0.1) is 0 Å². The van der Waals surface area contributed by atoms with Crippen molar-refractivity contribution in [3.05, 3.63) is 58.9 Å².